The highest BCUT2D eigenvalue weighted by atomic mass is 127. The van der Waals surface area contributed by atoms with Crippen LogP contribution in [0, 0.1) is 0 Å². The van der Waals surface area contributed by atoms with Crippen LogP contribution in [0.25, 0.3) is 10.9 Å². The Morgan fingerprint density at radius 1 is 1.00 bits per heavy atom. The fourth-order valence-electron chi connectivity index (χ4n) is 2.87. The van der Waals surface area contributed by atoms with E-state index in [1.165, 1.54) is 48.9 Å². The summed E-state index contributed by atoms with van der Waals surface area (Å²) in [5.74, 6) is 0. The molecule has 1 aromatic carbocycles. The minimum atomic E-state index is 0. The molecule has 1 heterocycles. The van der Waals surface area contributed by atoms with Gasteiger partial charge in [-0.3, -0.25) is 0 Å². The lowest BCUT2D eigenvalue weighted by atomic mass is 10.1. The van der Waals surface area contributed by atoms with Gasteiger partial charge in [-0.1, -0.05) is 32.0 Å². The van der Waals surface area contributed by atoms with Gasteiger partial charge in [-0.15, -0.1) is 24.0 Å². The average Bonchev–Trinajstić information content (AvgIpc) is 2.74. The van der Waals surface area contributed by atoms with Crippen molar-refractivity contribution in [2.75, 3.05) is 19.6 Å². The molecule has 0 saturated heterocycles. The molecule has 0 unspecified atom stereocenters. The van der Waals surface area contributed by atoms with Gasteiger partial charge in [0.2, 0.25) is 0 Å². The Balaban J connectivity index is 0.00000200. The van der Waals surface area contributed by atoms with Crippen molar-refractivity contribution < 1.29 is 0 Å². The van der Waals surface area contributed by atoms with E-state index >= 15 is 0 Å². The number of aromatic nitrogens is 1. The molecule has 2 rings (SSSR count). The van der Waals surface area contributed by atoms with Crippen LogP contribution in [0.5, 0.6) is 0 Å². The highest BCUT2D eigenvalue weighted by Crippen LogP contribution is 2.20. The topological polar surface area (TPSA) is 8.17 Å². The van der Waals surface area contributed by atoms with Crippen molar-refractivity contribution in [1.29, 1.82) is 0 Å². The second-order valence-electron chi connectivity index (χ2n) is 5.37. The third-order valence-corrected chi connectivity index (χ3v) is 3.76. The van der Waals surface area contributed by atoms with Crippen molar-refractivity contribution in [1.82, 2.24) is 9.47 Å². The monoisotopic (exact) mass is 386 g/mol. The smallest absolute Gasteiger partial charge is 0.0480 e. The first-order valence-electron chi connectivity index (χ1n) is 7.51. The molecular formula is C17H27IN2. The van der Waals surface area contributed by atoms with E-state index < -0.39 is 0 Å². The Labute approximate surface area is 140 Å². The summed E-state index contributed by atoms with van der Waals surface area (Å²) in [5.41, 5.74) is 2.82. The molecular weight excluding hydrogens is 359 g/mol. The van der Waals surface area contributed by atoms with Gasteiger partial charge in [-0.25, -0.2) is 0 Å². The maximum absolute atomic E-state index is 2.59. The van der Waals surface area contributed by atoms with Crippen LogP contribution in [0.15, 0.2) is 30.5 Å². The number of hydrogen-bond acceptors (Lipinski definition) is 1. The van der Waals surface area contributed by atoms with Gasteiger partial charge in [0.25, 0.3) is 0 Å². The van der Waals surface area contributed by atoms with E-state index in [0.29, 0.717) is 0 Å². The highest BCUT2D eigenvalue weighted by Gasteiger charge is 2.08. The summed E-state index contributed by atoms with van der Waals surface area (Å²) in [7, 11) is 2.14. The highest BCUT2D eigenvalue weighted by molar-refractivity contribution is 14.0. The summed E-state index contributed by atoms with van der Waals surface area (Å²) in [4.78, 5) is 2.59. The maximum Gasteiger partial charge on any atom is 0.0480 e. The molecule has 0 atom stereocenters. The number of nitrogens with zero attached hydrogens (tertiary/aromatic N) is 2. The largest absolute Gasteiger partial charge is 0.350 e. The van der Waals surface area contributed by atoms with Crippen LogP contribution in [0.4, 0.5) is 0 Å². The summed E-state index contributed by atoms with van der Waals surface area (Å²) < 4.78 is 2.24. The second-order valence-corrected chi connectivity index (χ2v) is 5.37. The predicted octanol–water partition coefficient (Wildman–Crippen LogP) is 4.46. The number of halogens is 1. The Kier molecular flexibility index (Phi) is 7.59. The molecule has 0 aliphatic rings. The van der Waals surface area contributed by atoms with Gasteiger partial charge in [-0.05, 0) is 44.0 Å². The molecule has 1 aromatic heterocycles. The average molecular weight is 386 g/mol. The Hall–Kier alpha value is -0.550. The van der Waals surface area contributed by atoms with Crippen LogP contribution in [0.2, 0.25) is 0 Å². The molecule has 0 fully saturated rings. The van der Waals surface area contributed by atoms with Crippen LogP contribution >= 0.6 is 24.0 Å². The Morgan fingerprint density at radius 2 is 1.65 bits per heavy atom. The molecule has 0 spiro atoms. The number of fused-ring (bicyclic) bond motifs is 1. The molecule has 112 valence electrons. The molecule has 2 aromatic rings. The number of hydrogen-bond donors (Lipinski definition) is 0. The van der Waals surface area contributed by atoms with Gasteiger partial charge >= 0.3 is 0 Å². The third kappa shape index (κ3) is 4.22. The first-order chi connectivity index (χ1) is 9.26. The lowest BCUT2D eigenvalue weighted by molar-refractivity contribution is 0.278. The molecule has 0 radical (unpaired) electrons. The van der Waals surface area contributed by atoms with E-state index in [1.807, 2.05) is 0 Å². The van der Waals surface area contributed by atoms with Crippen LogP contribution in [0.1, 0.15) is 32.3 Å². The zero-order chi connectivity index (χ0) is 13.7. The first-order valence-corrected chi connectivity index (χ1v) is 7.51. The van der Waals surface area contributed by atoms with Gasteiger partial charge in [0, 0.05) is 30.7 Å². The van der Waals surface area contributed by atoms with Gasteiger partial charge in [0.15, 0.2) is 0 Å². The fraction of sp³-hybridized carbons (Fsp3) is 0.529. The van der Waals surface area contributed by atoms with E-state index in [1.54, 1.807) is 0 Å². The lowest BCUT2D eigenvalue weighted by Gasteiger charge is -2.20. The van der Waals surface area contributed by atoms with Crippen molar-refractivity contribution in [3.8, 4) is 0 Å². The number of aryl methyl sites for hydroxylation is 1. The first kappa shape index (κ1) is 17.5. The zero-order valence-electron chi connectivity index (χ0n) is 12.9. The summed E-state index contributed by atoms with van der Waals surface area (Å²) in [6.45, 7) is 8.15. The van der Waals surface area contributed by atoms with Crippen LogP contribution in [0.3, 0.4) is 0 Å². The molecule has 0 aliphatic carbocycles. The SMILES string of the molecule is CCCN(CCC)CCc1cn(C)c2ccccc12.I. The van der Waals surface area contributed by atoms with E-state index in [4.69, 9.17) is 0 Å². The van der Waals surface area contributed by atoms with E-state index in [9.17, 15) is 0 Å². The van der Waals surface area contributed by atoms with Crippen LogP contribution in [-0.2, 0) is 13.5 Å². The van der Waals surface area contributed by atoms with E-state index in [2.05, 4.69) is 60.8 Å². The molecule has 0 amide bonds. The van der Waals surface area contributed by atoms with Gasteiger partial charge < -0.3 is 9.47 Å². The quantitative estimate of drug-likeness (QED) is 0.638. The molecule has 0 saturated carbocycles. The zero-order valence-corrected chi connectivity index (χ0v) is 15.3. The Morgan fingerprint density at radius 3 is 2.30 bits per heavy atom. The van der Waals surface area contributed by atoms with Crippen molar-refractivity contribution in [2.45, 2.75) is 33.1 Å². The molecule has 20 heavy (non-hydrogen) atoms. The predicted molar refractivity (Wildman–Crippen MR) is 99.1 cm³/mol. The number of rotatable bonds is 7. The minimum absolute atomic E-state index is 0. The lowest BCUT2D eigenvalue weighted by Crippen LogP contribution is -2.27. The maximum atomic E-state index is 2.59. The van der Waals surface area contributed by atoms with Gasteiger partial charge in [0.05, 0.1) is 0 Å². The van der Waals surface area contributed by atoms with Gasteiger partial charge in [0.1, 0.15) is 0 Å². The van der Waals surface area contributed by atoms with Crippen molar-refractivity contribution >= 4 is 34.9 Å². The van der Waals surface area contributed by atoms with Crippen LogP contribution in [-0.4, -0.2) is 29.1 Å². The van der Waals surface area contributed by atoms with Crippen LogP contribution < -0.4 is 0 Å². The number of benzene rings is 1. The molecule has 0 bridgehead atoms. The van der Waals surface area contributed by atoms with Crippen molar-refractivity contribution in [2.24, 2.45) is 7.05 Å². The fourth-order valence-corrected chi connectivity index (χ4v) is 2.87. The van der Waals surface area contributed by atoms with Crippen molar-refractivity contribution in [3.05, 3.63) is 36.0 Å². The van der Waals surface area contributed by atoms with Crippen molar-refractivity contribution in [3.63, 3.8) is 0 Å². The summed E-state index contributed by atoms with van der Waals surface area (Å²) in [6.07, 6.45) is 5.94. The molecule has 3 heteroatoms. The summed E-state index contributed by atoms with van der Waals surface area (Å²) >= 11 is 0. The molecule has 0 N–H and O–H groups in total. The molecule has 0 aliphatic heterocycles. The van der Waals surface area contributed by atoms with E-state index in [-0.39, 0.29) is 24.0 Å². The van der Waals surface area contributed by atoms with E-state index in [0.717, 1.165) is 6.42 Å². The second kappa shape index (κ2) is 8.67. The normalized spacial score (nSPS) is 11.0. The number of para-hydroxylation sites is 1. The summed E-state index contributed by atoms with van der Waals surface area (Å²) in [6, 6.07) is 8.71. The minimum Gasteiger partial charge on any atom is -0.350 e. The summed E-state index contributed by atoms with van der Waals surface area (Å²) in [5, 5.41) is 1.41. The Bertz CT molecular complexity index is 513. The van der Waals surface area contributed by atoms with Gasteiger partial charge in [-0.2, -0.15) is 0 Å². The standard InChI is InChI=1S/C17H26N2.HI/c1-4-11-19(12-5-2)13-10-15-14-18(3)17-9-7-6-8-16(15)17;/h6-9,14H,4-5,10-13H2,1-3H3;1H. The molecule has 2 nitrogen and oxygen atoms in total. The third-order valence-electron chi connectivity index (χ3n) is 3.76.